The van der Waals surface area contributed by atoms with Gasteiger partial charge in [-0.15, -0.1) is 11.6 Å². The third-order valence-corrected chi connectivity index (χ3v) is 3.51. The van der Waals surface area contributed by atoms with Crippen LogP contribution in [0.25, 0.3) is 0 Å². The minimum absolute atomic E-state index is 0.0418. The molecule has 17 heavy (non-hydrogen) atoms. The van der Waals surface area contributed by atoms with Gasteiger partial charge in [0, 0.05) is 0 Å². The number of aliphatic carboxylic acids is 1. The minimum Gasteiger partial charge on any atom is -0.479 e. The van der Waals surface area contributed by atoms with Crippen LogP contribution in [0.5, 0.6) is 0 Å². The van der Waals surface area contributed by atoms with Gasteiger partial charge in [0.15, 0.2) is 5.00 Å². The Labute approximate surface area is 113 Å². The van der Waals surface area contributed by atoms with Crippen molar-refractivity contribution in [1.82, 2.24) is 0 Å². The maximum atomic E-state index is 10.7. The molecule has 0 aromatic rings. The van der Waals surface area contributed by atoms with Gasteiger partial charge in [0.25, 0.3) is 0 Å². The highest BCUT2D eigenvalue weighted by Crippen LogP contribution is 2.26. The van der Waals surface area contributed by atoms with Crippen LogP contribution in [-0.2, 0) is 4.79 Å². The number of carbonyl (C=O) groups is 1. The molecule has 0 aromatic carbocycles. The average Bonchev–Trinajstić information content (AvgIpc) is 2.16. The van der Waals surface area contributed by atoms with Crippen molar-refractivity contribution in [3.05, 3.63) is 0 Å². The van der Waals surface area contributed by atoms with Gasteiger partial charge in [-0.2, -0.15) is 0 Å². The minimum atomic E-state index is -1.72. The number of alkyl halides is 2. The molecule has 2 unspecified atom stereocenters. The first-order valence-corrected chi connectivity index (χ1v) is 6.59. The summed E-state index contributed by atoms with van der Waals surface area (Å²) in [6.07, 6.45) is 2.53. The summed E-state index contributed by atoms with van der Waals surface area (Å²) < 4.78 is 0. The van der Waals surface area contributed by atoms with Crippen LogP contribution in [-0.4, -0.2) is 21.6 Å². The molecule has 3 atom stereocenters. The molecule has 4 nitrogen and oxygen atoms in total. The first-order chi connectivity index (χ1) is 7.66. The zero-order chi connectivity index (χ0) is 13.6. The van der Waals surface area contributed by atoms with Crippen LogP contribution in [0.1, 0.15) is 39.5 Å². The fraction of sp³-hybridized carbons (Fsp3) is 0.909. The molecule has 0 aliphatic rings. The summed E-state index contributed by atoms with van der Waals surface area (Å²) in [5.41, 5.74) is 10.6. The second-order valence-electron chi connectivity index (χ2n) is 4.88. The number of nitrogens with two attached hydrogens (primary N) is 2. The predicted molar refractivity (Wildman–Crippen MR) is 71.0 cm³/mol. The normalized spacial score (nSPS) is 18.8. The lowest BCUT2D eigenvalue weighted by Crippen LogP contribution is -2.43. The zero-order valence-corrected chi connectivity index (χ0v) is 11.8. The maximum Gasteiger partial charge on any atom is 0.339 e. The largest absolute Gasteiger partial charge is 0.479 e. The number of hydrogen-bond acceptors (Lipinski definition) is 3. The molecule has 0 saturated heterocycles. The summed E-state index contributed by atoms with van der Waals surface area (Å²) in [5, 5.41) is 8.79. The van der Waals surface area contributed by atoms with Gasteiger partial charge in [-0.3, -0.25) is 0 Å². The fourth-order valence-electron chi connectivity index (χ4n) is 1.51. The number of rotatable bonds is 8. The standard InChI is InChI=1S/C11H22Cl2N2O2/c1-7(2)3-4-8(9(12)14)5-6-11(13,15)10(16)17/h7-9H,3-6,14-15H2,1-2H3,(H,16,17)/t8?,9?,11-/m0/s1. The molecule has 0 spiro atoms. The van der Waals surface area contributed by atoms with Crippen LogP contribution >= 0.6 is 23.2 Å². The van der Waals surface area contributed by atoms with Crippen LogP contribution in [0.15, 0.2) is 0 Å². The molecule has 0 bridgehead atoms. The third kappa shape index (κ3) is 7.09. The molecule has 0 rings (SSSR count). The highest BCUT2D eigenvalue weighted by atomic mass is 35.5. The summed E-state index contributed by atoms with van der Waals surface area (Å²) in [7, 11) is 0. The molecule has 0 amide bonds. The number of halogens is 2. The van der Waals surface area contributed by atoms with Crippen LogP contribution in [0.3, 0.4) is 0 Å². The van der Waals surface area contributed by atoms with Gasteiger partial charge in [0.1, 0.15) is 0 Å². The van der Waals surface area contributed by atoms with Crippen LogP contribution < -0.4 is 11.5 Å². The van der Waals surface area contributed by atoms with E-state index >= 15 is 0 Å². The van der Waals surface area contributed by atoms with E-state index in [1.165, 1.54) is 0 Å². The Hall–Kier alpha value is -0.0300. The van der Waals surface area contributed by atoms with Gasteiger partial charge in [-0.25, -0.2) is 4.79 Å². The summed E-state index contributed by atoms with van der Waals surface area (Å²) in [4.78, 5) is 9.03. The molecule has 0 aliphatic heterocycles. The van der Waals surface area contributed by atoms with Crippen molar-refractivity contribution in [1.29, 1.82) is 0 Å². The molecule has 6 heteroatoms. The Kier molecular flexibility index (Phi) is 7.40. The van der Waals surface area contributed by atoms with Gasteiger partial charge in [-0.05, 0) is 31.1 Å². The lowest BCUT2D eigenvalue weighted by Gasteiger charge is -2.23. The number of carboxylic acids is 1. The Morgan fingerprint density at radius 1 is 1.35 bits per heavy atom. The average molecular weight is 285 g/mol. The van der Waals surface area contributed by atoms with Crippen molar-refractivity contribution in [3.8, 4) is 0 Å². The van der Waals surface area contributed by atoms with E-state index in [4.69, 9.17) is 39.8 Å². The zero-order valence-electron chi connectivity index (χ0n) is 10.3. The number of carboxylic acid groups (broad SMARTS) is 1. The van der Waals surface area contributed by atoms with Gasteiger partial charge >= 0.3 is 5.97 Å². The van der Waals surface area contributed by atoms with Crippen molar-refractivity contribution in [2.45, 2.75) is 50.0 Å². The van der Waals surface area contributed by atoms with Gasteiger partial charge in [0.2, 0.25) is 0 Å². The Bertz CT molecular complexity index is 246. The second kappa shape index (κ2) is 7.41. The Morgan fingerprint density at radius 2 is 1.88 bits per heavy atom. The molecular weight excluding hydrogens is 263 g/mol. The van der Waals surface area contributed by atoms with Crippen molar-refractivity contribution in [2.24, 2.45) is 23.3 Å². The lowest BCUT2D eigenvalue weighted by atomic mass is 9.92. The summed E-state index contributed by atoms with van der Waals surface area (Å²) in [6.45, 7) is 4.23. The molecule has 102 valence electrons. The Balaban J connectivity index is 4.23. The summed E-state index contributed by atoms with van der Waals surface area (Å²) in [6, 6.07) is 0. The van der Waals surface area contributed by atoms with Crippen molar-refractivity contribution in [2.75, 3.05) is 0 Å². The molecule has 0 radical (unpaired) electrons. The maximum absolute atomic E-state index is 10.7. The SMILES string of the molecule is CC(C)CCC(CC[C@@](N)(Cl)C(=O)O)C(N)Cl. The molecule has 0 heterocycles. The van der Waals surface area contributed by atoms with E-state index in [1.54, 1.807) is 0 Å². The van der Waals surface area contributed by atoms with E-state index in [1.807, 2.05) is 0 Å². The topological polar surface area (TPSA) is 89.3 Å². The summed E-state index contributed by atoms with van der Waals surface area (Å²) >= 11 is 11.6. The first kappa shape index (κ1) is 17.0. The molecule has 0 saturated carbocycles. The highest BCUT2D eigenvalue weighted by Gasteiger charge is 2.32. The summed E-state index contributed by atoms with van der Waals surface area (Å²) in [5.74, 6) is -0.615. The lowest BCUT2D eigenvalue weighted by molar-refractivity contribution is -0.140. The first-order valence-electron chi connectivity index (χ1n) is 5.77. The van der Waals surface area contributed by atoms with Crippen LogP contribution in [0, 0.1) is 11.8 Å². The van der Waals surface area contributed by atoms with Crippen LogP contribution in [0.4, 0.5) is 0 Å². The van der Waals surface area contributed by atoms with E-state index in [9.17, 15) is 4.79 Å². The molecule has 0 fully saturated rings. The van der Waals surface area contributed by atoms with Gasteiger partial charge in [-0.1, -0.05) is 31.9 Å². The van der Waals surface area contributed by atoms with E-state index in [-0.39, 0.29) is 12.3 Å². The van der Waals surface area contributed by atoms with Crippen molar-refractivity contribution >= 4 is 29.2 Å². The third-order valence-electron chi connectivity index (χ3n) is 2.80. The van der Waals surface area contributed by atoms with E-state index in [0.29, 0.717) is 12.3 Å². The van der Waals surface area contributed by atoms with Crippen LogP contribution in [0.2, 0.25) is 0 Å². The molecule has 0 aliphatic carbocycles. The quantitative estimate of drug-likeness (QED) is 0.471. The van der Waals surface area contributed by atoms with E-state index < -0.39 is 16.5 Å². The van der Waals surface area contributed by atoms with Gasteiger partial charge in [0.05, 0.1) is 5.50 Å². The molecule has 0 aromatic heterocycles. The van der Waals surface area contributed by atoms with Crippen molar-refractivity contribution in [3.63, 3.8) is 0 Å². The van der Waals surface area contributed by atoms with Gasteiger partial charge < -0.3 is 16.6 Å². The van der Waals surface area contributed by atoms with E-state index in [2.05, 4.69) is 13.8 Å². The van der Waals surface area contributed by atoms with E-state index in [0.717, 1.165) is 12.8 Å². The number of hydrogen-bond donors (Lipinski definition) is 3. The highest BCUT2D eigenvalue weighted by molar-refractivity contribution is 6.33. The fourth-order valence-corrected chi connectivity index (χ4v) is 1.87. The van der Waals surface area contributed by atoms with Crippen molar-refractivity contribution < 1.29 is 9.90 Å². The molecular formula is C11H22Cl2N2O2. The second-order valence-corrected chi connectivity index (χ2v) is 6.06. The smallest absolute Gasteiger partial charge is 0.339 e. The molecule has 5 N–H and O–H groups in total. The Morgan fingerprint density at radius 3 is 2.24 bits per heavy atom. The predicted octanol–water partition coefficient (Wildman–Crippen LogP) is 2.32. The monoisotopic (exact) mass is 284 g/mol.